The Morgan fingerprint density at radius 3 is 2.87 bits per heavy atom. The Morgan fingerprint density at radius 2 is 2.00 bits per heavy atom. The smallest absolute Gasteiger partial charge is 0.158 e. The van der Waals surface area contributed by atoms with Gasteiger partial charge in [-0.3, -0.25) is 4.98 Å². The van der Waals surface area contributed by atoms with Crippen LogP contribution in [0.15, 0.2) is 54.9 Å². The molecule has 0 radical (unpaired) electrons. The molecule has 4 aromatic heterocycles. The Hall–Kier alpha value is -2.95. The van der Waals surface area contributed by atoms with E-state index in [4.69, 9.17) is 0 Å². The molecule has 0 aliphatic rings. The van der Waals surface area contributed by atoms with Crippen molar-refractivity contribution in [2.24, 2.45) is 0 Å². The van der Waals surface area contributed by atoms with Crippen molar-refractivity contribution >= 4 is 22.2 Å². The maximum atomic E-state index is 4.34. The predicted octanol–water partition coefficient (Wildman–Crippen LogP) is 3.24. The fraction of sp³-hybridized carbons (Fsp3) is 0.167. The van der Waals surface area contributed by atoms with E-state index in [1.165, 1.54) is 0 Å². The monoisotopic (exact) mass is 303 g/mol. The lowest BCUT2D eigenvalue weighted by Gasteiger charge is -2.07. The van der Waals surface area contributed by atoms with Gasteiger partial charge in [-0.2, -0.15) is 5.10 Å². The fourth-order valence-electron chi connectivity index (χ4n) is 2.89. The summed E-state index contributed by atoms with van der Waals surface area (Å²) in [6.45, 7) is 2.77. The SMILES string of the molecule is Cc1nnc(NCCc2ccccn2)c2cc3ccccn3c12. The minimum absolute atomic E-state index is 0.774. The van der Waals surface area contributed by atoms with Crippen molar-refractivity contribution in [3.63, 3.8) is 0 Å². The van der Waals surface area contributed by atoms with Crippen LogP contribution in [0.3, 0.4) is 0 Å². The van der Waals surface area contributed by atoms with E-state index in [2.05, 4.69) is 43.2 Å². The molecule has 0 bridgehead atoms. The van der Waals surface area contributed by atoms with Gasteiger partial charge in [0.25, 0.3) is 0 Å². The summed E-state index contributed by atoms with van der Waals surface area (Å²) in [5.41, 5.74) is 4.25. The molecule has 23 heavy (non-hydrogen) atoms. The Morgan fingerprint density at radius 1 is 1.09 bits per heavy atom. The van der Waals surface area contributed by atoms with Gasteiger partial charge in [-0.25, -0.2) is 0 Å². The highest BCUT2D eigenvalue weighted by molar-refractivity contribution is 5.96. The van der Waals surface area contributed by atoms with Gasteiger partial charge in [-0.05, 0) is 37.3 Å². The second-order valence-electron chi connectivity index (χ2n) is 5.53. The van der Waals surface area contributed by atoms with Gasteiger partial charge in [0.15, 0.2) is 5.82 Å². The Balaban J connectivity index is 1.66. The Labute approximate surface area is 134 Å². The van der Waals surface area contributed by atoms with E-state index >= 15 is 0 Å². The first kappa shape index (κ1) is 13.7. The Bertz CT molecular complexity index is 959. The third-order valence-electron chi connectivity index (χ3n) is 3.98. The van der Waals surface area contributed by atoms with E-state index in [1.54, 1.807) is 0 Å². The second-order valence-corrected chi connectivity index (χ2v) is 5.53. The molecule has 0 spiro atoms. The van der Waals surface area contributed by atoms with Gasteiger partial charge in [0.2, 0.25) is 0 Å². The molecule has 4 aromatic rings. The lowest BCUT2D eigenvalue weighted by molar-refractivity contribution is 0.931. The van der Waals surface area contributed by atoms with E-state index in [-0.39, 0.29) is 0 Å². The molecule has 1 N–H and O–H groups in total. The van der Waals surface area contributed by atoms with Crippen LogP contribution in [0.2, 0.25) is 0 Å². The summed E-state index contributed by atoms with van der Waals surface area (Å²) in [4.78, 5) is 4.34. The number of aryl methyl sites for hydroxylation is 1. The average Bonchev–Trinajstić information content (AvgIpc) is 2.98. The van der Waals surface area contributed by atoms with E-state index in [0.717, 1.165) is 46.6 Å². The molecular weight excluding hydrogens is 286 g/mol. The number of anilines is 1. The molecule has 114 valence electrons. The summed E-state index contributed by atoms with van der Waals surface area (Å²) in [6.07, 6.45) is 4.73. The summed E-state index contributed by atoms with van der Waals surface area (Å²) < 4.78 is 2.16. The first-order valence-corrected chi connectivity index (χ1v) is 7.70. The van der Waals surface area contributed by atoms with Crippen LogP contribution in [-0.2, 0) is 6.42 Å². The molecule has 0 aromatic carbocycles. The maximum absolute atomic E-state index is 4.34. The third-order valence-corrected chi connectivity index (χ3v) is 3.98. The van der Waals surface area contributed by atoms with Crippen LogP contribution >= 0.6 is 0 Å². The minimum atomic E-state index is 0.774. The number of hydrogen-bond donors (Lipinski definition) is 1. The highest BCUT2D eigenvalue weighted by Crippen LogP contribution is 2.26. The van der Waals surface area contributed by atoms with Crippen molar-refractivity contribution < 1.29 is 0 Å². The number of hydrogen-bond acceptors (Lipinski definition) is 4. The molecule has 0 fully saturated rings. The van der Waals surface area contributed by atoms with Crippen LogP contribution in [-0.4, -0.2) is 26.1 Å². The number of nitrogens with zero attached hydrogens (tertiary/aromatic N) is 4. The van der Waals surface area contributed by atoms with Crippen molar-refractivity contribution in [3.8, 4) is 0 Å². The quantitative estimate of drug-likeness (QED) is 0.629. The predicted molar refractivity (Wildman–Crippen MR) is 91.7 cm³/mol. The fourth-order valence-corrected chi connectivity index (χ4v) is 2.89. The van der Waals surface area contributed by atoms with Crippen LogP contribution in [0.1, 0.15) is 11.4 Å². The number of rotatable bonds is 4. The van der Waals surface area contributed by atoms with E-state index < -0.39 is 0 Å². The zero-order valence-corrected chi connectivity index (χ0v) is 12.9. The molecule has 0 saturated carbocycles. The zero-order valence-electron chi connectivity index (χ0n) is 12.9. The number of nitrogens with one attached hydrogen (secondary N) is 1. The standard InChI is InChI=1S/C18H17N5/c1-13-17-16(12-15-7-3-5-11-23(15)17)18(22-21-13)20-10-8-14-6-2-4-9-19-14/h2-7,9,11-12H,8,10H2,1H3,(H,20,22). The van der Waals surface area contributed by atoms with Gasteiger partial charge in [0.05, 0.1) is 11.2 Å². The minimum Gasteiger partial charge on any atom is -0.368 e. The van der Waals surface area contributed by atoms with Gasteiger partial charge in [-0.15, -0.1) is 5.10 Å². The topological polar surface area (TPSA) is 55.1 Å². The summed E-state index contributed by atoms with van der Waals surface area (Å²) >= 11 is 0. The van der Waals surface area contributed by atoms with Crippen LogP contribution in [0.4, 0.5) is 5.82 Å². The van der Waals surface area contributed by atoms with Crippen molar-refractivity contribution in [2.75, 3.05) is 11.9 Å². The van der Waals surface area contributed by atoms with Crippen molar-refractivity contribution in [1.82, 2.24) is 19.6 Å². The molecule has 0 amide bonds. The molecule has 5 nitrogen and oxygen atoms in total. The van der Waals surface area contributed by atoms with Crippen LogP contribution < -0.4 is 5.32 Å². The molecule has 5 heteroatoms. The number of fused-ring (bicyclic) bond motifs is 3. The number of aromatic nitrogens is 4. The third kappa shape index (κ3) is 2.50. The summed E-state index contributed by atoms with van der Waals surface area (Å²) in [6, 6.07) is 14.3. The highest BCUT2D eigenvalue weighted by atomic mass is 15.2. The van der Waals surface area contributed by atoms with Gasteiger partial charge < -0.3 is 9.72 Å². The van der Waals surface area contributed by atoms with Gasteiger partial charge in [0, 0.05) is 42.0 Å². The molecule has 4 rings (SSSR count). The van der Waals surface area contributed by atoms with Gasteiger partial charge in [0.1, 0.15) is 0 Å². The summed E-state index contributed by atoms with van der Waals surface area (Å²) in [5.74, 6) is 0.824. The zero-order chi connectivity index (χ0) is 15.6. The van der Waals surface area contributed by atoms with Crippen LogP contribution in [0.5, 0.6) is 0 Å². The lowest BCUT2D eigenvalue weighted by atomic mass is 10.2. The van der Waals surface area contributed by atoms with Crippen LogP contribution in [0.25, 0.3) is 16.4 Å². The largest absolute Gasteiger partial charge is 0.368 e. The average molecular weight is 303 g/mol. The summed E-state index contributed by atoms with van der Waals surface area (Å²) in [5, 5.41) is 13.1. The van der Waals surface area contributed by atoms with Crippen LogP contribution in [0, 0.1) is 6.92 Å². The highest BCUT2D eigenvalue weighted by Gasteiger charge is 2.11. The molecular formula is C18H17N5. The van der Waals surface area contributed by atoms with E-state index in [1.807, 2.05) is 43.5 Å². The lowest BCUT2D eigenvalue weighted by Crippen LogP contribution is -2.08. The Kier molecular flexibility index (Phi) is 3.38. The first-order chi connectivity index (χ1) is 11.3. The molecule has 0 aliphatic heterocycles. The van der Waals surface area contributed by atoms with Crippen molar-refractivity contribution in [2.45, 2.75) is 13.3 Å². The second kappa shape index (κ2) is 5.68. The first-order valence-electron chi connectivity index (χ1n) is 7.70. The van der Waals surface area contributed by atoms with Gasteiger partial charge >= 0.3 is 0 Å². The van der Waals surface area contributed by atoms with Gasteiger partial charge in [-0.1, -0.05) is 12.1 Å². The molecule has 4 heterocycles. The summed E-state index contributed by atoms with van der Waals surface area (Å²) in [7, 11) is 0. The van der Waals surface area contributed by atoms with E-state index in [9.17, 15) is 0 Å². The normalized spacial score (nSPS) is 11.2. The number of pyridine rings is 2. The molecule has 0 unspecified atom stereocenters. The maximum Gasteiger partial charge on any atom is 0.158 e. The van der Waals surface area contributed by atoms with E-state index in [0.29, 0.717) is 0 Å². The molecule has 0 atom stereocenters. The molecule has 0 saturated heterocycles. The van der Waals surface area contributed by atoms with Crippen molar-refractivity contribution in [3.05, 3.63) is 66.2 Å². The molecule has 0 aliphatic carbocycles. The van der Waals surface area contributed by atoms with Crippen molar-refractivity contribution in [1.29, 1.82) is 0 Å².